The van der Waals surface area contributed by atoms with Crippen molar-refractivity contribution < 1.29 is 4.74 Å². The Labute approximate surface area is 120 Å². The van der Waals surface area contributed by atoms with Gasteiger partial charge in [-0.15, -0.1) is 11.8 Å². The zero-order valence-electron chi connectivity index (χ0n) is 11.1. The van der Waals surface area contributed by atoms with Crippen LogP contribution in [0.25, 0.3) is 0 Å². The van der Waals surface area contributed by atoms with E-state index in [1.807, 2.05) is 17.8 Å². The summed E-state index contributed by atoms with van der Waals surface area (Å²) >= 11 is 1.85. The number of thioether (sulfide) groups is 1. The SMILES string of the molecule is c1ccc(CCCOCCSc2ccccc2)cc1. The van der Waals surface area contributed by atoms with Crippen LogP contribution in [0.15, 0.2) is 65.6 Å². The fourth-order valence-electron chi connectivity index (χ4n) is 1.86. The first-order chi connectivity index (χ1) is 9.45. The molecule has 0 unspecified atom stereocenters. The minimum Gasteiger partial charge on any atom is -0.381 e. The fourth-order valence-corrected chi connectivity index (χ4v) is 2.65. The number of hydrogen-bond acceptors (Lipinski definition) is 2. The van der Waals surface area contributed by atoms with E-state index in [1.165, 1.54) is 10.5 Å². The van der Waals surface area contributed by atoms with Crippen molar-refractivity contribution >= 4 is 11.8 Å². The third-order valence-corrected chi connectivity index (χ3v) is 3.81. The first-order valence-electron chi connectivity index (χ1n) is 6.75. The molecule has 0 spiro atoms. The lowest BCUT2D eigenvalue weighted by Crippen LogP contribution is -2.00. The van der Waals surface area contributed by atoms with Crippen molar-refractivity contribution in [1.29, 1.82) is 0 Å². The summed E-state index contributed by atoms with van der Waals surface area (Å²) < 4.78 is 5.66. The van der Waals surface area contributed by atoms with Gasteiger partial charge in [0, 0.05) is 17.3 Å². The third kappa shape index (κ3) is 5.95. The molecule has 100 valence electrons. The van der Waals surface area contributed by atoms with E-state index in [9.17, 15) is 0 Å². The Morgan fingerprint density at radius 2 is 1.47 bits per heavy atom. The molecular weight excluding hydrogens is 252 g/mol. The quantitative estimate of drug-likeness (QED) is 0.519. The second-order valence-corrected chi connectivity index (χ2v) is 5.53. The minimum atomic E-state index is 0.828. The lowest BCUT2D eigenvalue weighted by atomic mass is 10.1. The zero-order chi connectivity index (χ0) is 13.2. The van der Waals surface area contributed by atoms with Gasteiger partial charge in [0.25, 0.3) is 0 Å². The second kappa shape index (κ2) is 8.78. The molecule has 0 aliphatic carbocycles. The standard InChI is InChI=1S/C17H20OS/c1-3-8-16(9-4-1)10-7-13-18-14-15-19-17-11-5-2-6-12-17/h1-6,8-9,11-12H,7,10,13-15H2. The van der Waals surface area contributed by atoms with Gasteiger partial charge in [0.2, 0.25) is 0 Å². The minimum absolute atomic E-state index is 0.828. The average molecular weight is 272 g/mol. The van der Waals surface area contributed by atoms with Crippen molar-refractivity contribution in [3.05, 3.63) is 66.2 Å². The molecule has 19 heavy (non-hydrogen) atoms. The maximum absolute atomic E-state index is 5.66. The molecule has 0 radical (unpaired) electrons. The Kier molecular flexibility index (Phi) is 6.55. The summed E-state index contributed by atoms with van der Waals surface area (Å²) in [6, 6.07) is 21.0. The van der Waals surface area contributed by atoms with E-state index in [0.29, 0.717) is 0 Å². The molecule has 0 fully saturated rings. The van der Waals surface area contributed by atoms with E-state index in [2.05, 4.69) is 54.6 Å². The molecule has 2 heteroatoms. The van der Waals surface area contributed by atoms with Crippen LogP contribution in [0.2, 0.25) is 0 Å². The monoisotopic (exact) mass is 272 g/mol. The molecule has 0 bridgehead atoms. The van der Waals surface area contributed by atoms with E-state index in [-0.39, 0.29) is 0 Å². The van der Waals surface area contributed by atoms with E-state index in [1.54, 1.807) is 0 Å². The van der Waals surface area contributed by atoms with Crippen molar-refractivity contribution in [2.45, 2.75) is 17.7 Å². The second-order valence-electron chi connectivity index (χ2n) is 4.36. The largest absolute Gasteiger partial charge is 0.381 e. The van der Waals surface area contributed by atoms with Crippen molar-refractivity contribution in [2.24, 2.45) is 0 Å². The van der Waals surface area contributed by atoms with E-state index < -0.39 is 0 Å². The maximum Gasteiger partial charge on any atom is 0.0560 e. The normalized spacial score (nSPS) is 10.5. The van der Waals surface area contributed by atoms with Gasteiger partial charge in [0.15, 0.2) is 0 Å². The summed E-state index contributed by atoms with van der Waals surface area (Å²) in [6.07, 6.45) is 2.20. The number of benzene rings is 2. The molecule has 0 atom stereocenters. The van der Waals surface area contributed by atoms with Gasteiger partial charge in [-0.25, -0.2) is 0 Å². The van der Waals surface area contributed by atoms with Gasteiger partial charge in [0.1, 0.15) is 0 Å². The van der Waals surface area contributed by atoms with Gasteiger partial charge in [-0.05, 0) is 30.5 Å². The summed E-state index contributed by atoms with van der Waals surface area (Å²) in [7, 11) is 0. The van der Waals surface area contributed by atoms with Gasteiger partial charge in [-0.3, -0.25) is 0 Å². The summed E-state index contributed by atoms with van der Waals surface area (Å²) in [5.74, 6) is 1.02. The van der Waals surface area contributed by atoms with Crippen molar-refractivity contribution in [2.75, 3.05) is 19.0 Å². The topological polar surface area (TPSA) is 9.23 Å². The van der Waals surface area contributed by atoms with Crippen LogP contribution < -0.4 is 0 Å². The lowest BCUT2D eigenvalue weighted by molar-refractivity contribution is 0.147. The van der Waals surface area contributed by atoms with Crippen LogP contribution in [0, 0.1) is 0 Å². The fraction of sp³-hybridized carbons (Fsp3) is 0.294. The summed E-state index contributed by atoms with van der Waals surface area (Å²) in [6.45, 7) is 1.68. The Bertz CT molecular complexity index is 398. The zero-order valence-corrected chi connectivity index (χ0v) is 11.9. The van der Waals surface area contributed by atoms with E-state index in [4.69, 9.17) is 4.74 Å². The molecule has 0 saturated carbocycles. The van der Waals surface area contributed by atoms with Gasteiger partial charge in [0.05, 0.1) is 6.61 Å². The predicted molar refractivity (Wildman–Crippen MR) is 82.7 cm³/mol. The highest BCUT2D eigenvalue weighted by Gasteiger charge is 1.94. The van der Waals surface area contributed by atoms with Crippen LogP contribution in [-0.2, 0) is 11.2 Å². The molecule has 0 aliphatic rings. The van der Waals surface area contributed by atoms with Crippen LogP contribution in [0.1, 0.15) is 12.0 Å². The summed E-state index contributed by atoms with van der Waals surface area (Å²) in [4.78, 5) is 1.32. The summed E-state index contributed by atoms with van der Waals surface area (Å²) in [5.41, 5.74) is 1.39. The molecule has 2 rings (SSSR count). The smallest absolute Gasteiger partial charge is 0.0560 e. The average Bonchev–Trinajstić information content (AvgIpc) is 2.48. The van der Waals surface area contributed by atoms with E-state index in [0.717, 1.165) is 31.8 Å². The highest BCUT2D eigenvalue weighted by molar-refractivity contribution is 7.99. The molecule has 1 nitrogen and oxygen atoms in total. The molecule has 0 aliphatic heterocycles. The van der Waals surface area contributed by atoms with Crippen molar-refractivity contribution in [3.63, 3.8) is 0 Å². The van der Waals surface area contributed by atoms with Crippen molar-refractivity contribution in [1.82, 2.24) is 0 Å². The predicted octanol–water partition coefficient (Wildman–Crippen LogP) is 4.43. The number of hydrogen-bond donors (Lipinski definition) is 0. The first-order valence-corrected chi connectivity index (χ1v) is 7.73. The highest BCUT2D eigenvalue weighted by Crippen LogP contribution is 2.16. The van der Waals surface area contributed by atoms with Crippen LogP contribution in [0.4, 0.5) is 0 Å². The Hall–Kier alpha value is -1.25. The van der Waals surface area contributed by atoms with Crippen LogP contribution in [0.3, 0.4) is 0 Å². The molecular formula is C17H20OS. The third-order valence-electron chi connectivity index (χ3n) is 2.84. The van der Waals surface area contributed by atoms with Crippen LogP contribution in [-0.4, -0.2) is 19.0 Å². The van der Waals surface area contributed by atoms with Gasteiger partial charge in [-0.1, -0.05) is 48.5 Å². The van der Waals surface area contributed by atoms with Gasteiger partial charge in [-0.2, -0.15) is 0 Å². The highest BCUT2D eigenvalue weighted by atomic mass is 32.2. The first kappa shape index (κ1) is 14.2. The molecule has 2 aromatic rings. The number of ether oxygens (including phenoxy) is 1. The molecule has 0 N–H and O–H groups in total. The van der Waals surface area contributed by atoms with Crippen LogP contribution >= 0.6 is 11.8 Å². The lowest BCUT2D eigenvalue weighted by Gasteiger charge is -2.04. The van der Waals surface area contributed by atoms with E-state index >= 15 is 0 Å². The molecule has 2 aromatic carbocycles. The van der Waals surface area contributed by atoms with Crippen LogP contribution in [0.5, 0.6) is 0 Å². The summed E-state index contributed by atoms with van der Waals surface area (Å²) in [5, 5.41) is 0. The van der Waals surface area contributed by atoms with Gasteiger partial charge >= 0.3 is 0 Å². The molecule has 0 saturated heterocycles. The maximum atomic E-state index is 5.66. The Morgan fingerprint density at radius 1 is 0.789 bits per heavy atom. The van der Waals surface area contributed by atoms with Gasteiger partial charge < -0.3 is 4.74 Å². The Balaban J connectivity index is 1.49. The Morgan fingerprint density at radius 3 is 2.21 bits per heavy atom. The molecule has 0 amide bonds. The number of aryl methyl sites for hydroxylation is 1. The molecule has 0 aromatic heterocycles. The number of rotatable bonds is 8. The van der Waals surface area contributed by atoms with Crippen molar-refractivity contribution in [3.8, 4) is 0 Å². The molecule has 0 heterocycles.